The van der Waals surface area contributed by atoms with Crippen molar-refractivity contribution in [1.82, 2.24) is 0 Å². The minimum Gasteiger partial charge on any atom is -0.327 e. The number of rotatable bonds is 2. The number of nitrogens with two attached hydrogens (primary N) is 1. The average molecular weight is 280 g/mol. The molecule has 1 nitrogen and oxygen atoms in total. The summed E-state index contributed by atoms with van der Waals surface area (Å²) in [7, 11) is 0. The van der Waals surface area contributed by atoms with E-state index < -0.39 is 11.7 Å². The van der Waals surface area contributed by atoms with Gasteiger partial charge in [-0.1, -0.05) is 34.1 Å². The maximum absolute atomic E-state index is 12.6. The maximum atomic E-state index is 12.6. The molecule has 15 heavy (non-hydrogen) atoms. The van der Waals surface area contributed by atoms with Crippen LogP contribution in [0.1, 0.15) is 11.1 Å². The van der Waals surface area contributed by atoms with Gasteiger partial charge in [0.05, 0.1) is 5.56 Å². The summed E-state index contributed by atoms with van der Waals surface area (Å²) in [5.41, 5.74) is 4.64. The smallest absolute Gasteiger partial charge is 0.327 e. The molecule has 0 spiro atoms. The first-order valence-corrected chi connectivity index (χ1v) is 4.98. The van der Waals surface area contributed by atoms with Gasteiger partial charge in [-0.05, 0) is 17.7 Å². The predicted octanol–water partition coefficient (Wildman–Crippen LogP) is 3.44. The third kappa shape index (κ3) is 3.35. The largest absolute Gasteiger partial charge is 0.417 e. The molecule has 0 heterocycles. The highest BCUT2D eigenvalue weighted by molar-refractivity contribution is 9.10. The molecule has 0 fully saturated rings. The molecule has 1 aromatic rings. The fourth-order valence-corrected chi connectivity index (χ4v) is 1.48. The summed E-state index contributed by atoms with van der Waals surface area (Å²) in [6, 6.07) is 4.01. The fraction of sp³-hybridized carbons (Fsp3) is 0.200. The van der Waals surface area contributed by atoms with Crippen LogP contribution in [0.2, 0.25) is 0 Å². The first-order valence-electron chi connectivity index (χ1n) is 4.18. The molecule has 0 aliphatic heterocycles. The molecule has 5 heteroatoms. The van der Waals surface area contributed by atoms with Gasteiger partial charge in [-0.15, -0.1) is 0 Å². The molecule has 0 aromatic heterocycles. The van der Waals surface area contributed by atoms with Crippen molar-refractivity contribution in [3.05, 3.63) is 39.9 Å². The van der Waals surface area contributed by atoms with Crippen molar-refractivity contribution in [3.63, 3.8) is 0 Å². The molecular formula is C10H9BrF3N. The Labute approximate surface area is 93.9 Å². The van der Waals surface area contributed by atoms with E-state index in [4.69, 9.17) is 5.73 Å². The molecule has 0 saturated carbocycles. The Hall–Kier alpha value is -0.810. The molecule has 1 aromatic carbocycles. The third-order valence-corrected chi connectivity index (χ3v) is 2.25. The summed E-state index contributed by atoms with van der Waals surface area (Å²) in [5.74, 6) is 0. The summed E-state index contributed by atoms with van der Waals surface area (Å²) < 4.78 is 38.1. The van der Waals surface area contributed by atoms with E-state index in [1.54, 1.807) is 6.07 Å². The van der Waals surface area contributed by atoms with Crippen LogP contribution >= 0.6 is 15.9 Å². The monoisotopic (exact) mass is 279 g/mol. The molecule has 0 unspecified atom stereocenters. The van der Waals surface area contributed by atoms with Crippen molar-refractivity contribution in [2.45, 2.75) is 6.18 Å². The lowest BCUT2D eigenvalue weighted by molar-refractivity contribution is -0.137. The summed E-state index contributed by atoms with van der Waals surface area (Å²) in [6.45, 7) is 0.216. The number of hydrogen-bond acceptors (Lipinski definition) is 1. The zero-order chi connectivity index (χ0) is 11.5. The molecule has 1 rings (SSSR count). The summed E-state index contributed by atoms with van der Waals surface area (Å²) >= 11 is 3.01. The zero-order valence-corrected chi connectivity index (χ0v) is 9.27. The van der Waals surface area contributed by atoms with Crippen LogP contribution in [0.4, 0.5) is 13.2 Å². The number of halogens is 4. The molecule has 0 saturated heterocycles. The maximum Gasteiger partial charge on any atom is 0.417 e. The summed E-state index contributed by atoms with van der Waals surface area (Å²) in [4.78, 5) is 0. The molecule has 0 radical (unpaired) electrons. The first-order chi connectivity index (χ1) is 6.95. The van der Waals surface area contributed by atoms with Gasteiger partial charge in [-0.25, -0.2) is 0 Å². The van der Waals surface area contributed by atoms with Crippen LogP contribution < -0.4 is 5.73 Å². The van der Waals surface area contributed by atoms with Crippen LogP contribution in [-0.2, 0) is 6.18 Å². The Morgan fingerprint density at radius 3 is 2.53 bits per heavy atom. The van der Waals surface area contributed by atoms with Crippen LogP contribution in [0, 0.1) is 0 Å². The Morgan fingerprint density at radius 1 is 1.33 bits per heavy atom. The van der Waals surface area contributed by atoms with Crippen molar-refractivity contribution in [1.29, 1.82) is 0 Å². The highest BCUT2D eigenvalue weighted by Gasteiger charge is 2.32. The van der Waals surface area contributed by atoms with Gasteiger partial charge in [0.1, 0.15) is 0 Å². The second kappa shape index (κ2) is 4.81. The Kier molecular flexibility index (Phi) is 3.93. The molecule has 2 N–H and O–H groups in total. The van der Waals surface area contributed by atoms with Gasteiger partial charge in [-0.3, -0.25) is 0 Å². The fourth-order valence-electron chi connectivity index (χ4n) is 1.11. The van der Waals surface area contributed by atoms with Gasteiger partial charge in [0.2, 0.25) is 0 Å². The highest BCUT2D eigenvalue weighted by atomic mass is 79.9. The van der Waals surface area contributed by atoms with E-state index in [2.05, 4.69) is 15.9 Å². The van der Waals surface area contributed by atoms with Crippen molar-refractivity contribution < 1.29 is 13.2 Å². The minimum atomic E-state index is -4.35. The van der Waals surface area contributed by atoms with Gasteiger partial charge >= 0.3 is 6.18 Å². The van der Waals surface area contributed by atoms with Gasteiger partial charge in [-0.2, -0.15) is 13.2 Å². The van der Waals surface area contributed by atoms with Crippen molar-refractivity contribution in [2.75, 3.05) is 6.54 Å². The van der Waals surface area contributed by atoms with E-state index in [1.807, 2.05) is 0 Å². The number of benzene rings is 1. The first kappa shape index (κ1) is 12.3. The number of hydrogen-bond donors (Lipinski definition) is 1. The third-order valence-electron chi connectivity index (χ3n) is 1.75. The van der Waals surface area contributed by atoms with Crippen LogP contribution in [0.5, 0.6) is 0 Å². The van der Waals surface area contributed by atoms with E-state index in [1.165, 1.54) is 18.2 Å². The second-order valence-electron chi connectivity index (χ2n) is 2.87. The lowest BCUT2D eigenvalue weighted by Gasteiger charge is -2.10. The number of alkyl halides is 3. The van der Waals surface area contributed by atoms with Gasteiger partial charge in [0, 0.05) is 11.0 Å². The molecule has 0 aliphatic rings. The summed E-state index contributed by atoms with van der Waals surface area (Å²) in [6.07, 6.45) is -1.49. The quantitative estimate of drug-likeness (QED) is 0.882. The van der Waals surface area contributed by atoms with Gasteiger partial charge in [0.25, 0.3) is 0 Å². The van der Waals surface area contributed by atoms with Crippen LogP contribution in [0.15, 0.2) is 28.7 Å². The molecule has 0 atom stereocenters. The molecular weight excluding hydrogens is 271 g/mol. The van der Waals surface area contributed by atoms with E-state index in [9.17, 15) is 13.2 Å². The zero-order valence-electron chi connectivity index (χ0n) is 7.68. The Morgan fingerprint density at radius 2 is 2.00 bits per heavy atom. The SMILES string of the molecule is NCC=Cc1ccc(Br)cc1C(F)(F)F. The lowest BCUT2D eigenvalue weighted by atomic mass is 10.1. The van der Waals surface area contributed by atoms with Crippen LogP contribution in [0.25, 0.3) is 6.08 Å². The van der Waals surface area contributed by atoms with Crippen molar-refractivity contribution >= 4 is 22.0 Å². The van der Waals surface area contributed by atoms with Crippen molar-refractivity contribution in [3.8, 4) is 0 Å². The minimum absolute atomic E-state index is 0.121. The Bertz CT molecular complexity index is 371. The van der Waals surface area contributed by atoms with Gasteiger partial charge < -0.3 is 5.73 Å². The standard InChI is InChI=1S/C10H9BrF3N/c11-8-4-3-7(2-1-5-15)9(6-8)10(12,13)14/h1-4,6H,5,15H2. The normalized spacial score (nSPS) is 12.3. The topological polar surface area (TPSA) is 26.0 Å². The summed E-state index contributed by atoms with van der Waals surface area (Å²) in [5, 5.41) is 0. The van der Waals surface area contributed by atoms with E-state index in [0.29, 0.717) is 4.47 Å². The Balaban J connectivity index is 3.21. The lowest BCUT2D eigenvalue weighted by Crippen LogP contribution is -2.07. The molecule has 0 amide bonds. The van der Waals surface area contributed by atoms with Crippen molar-refractivity contribution in [2.24, 2.45) is 5.73 Å². The van der Waals surface area contributed by atoms with E-state index >= 15 is 0 Å². The van der Waals surface area contributed by atoms with E-state index in [0.717, 1.165) is 6.07 Å². The molecule has 0 bridgehead atoms. The van der Waals surface area contributed by atoms with E-state index in [-0.39, 0.29) is 12.1 Å². The second-order valence-corrected chi connectivity index (χ2v) is 3.78. The van der Waals surface area contributed by atoms with Gasteiger partial charge in [0.15, 0.2) is 0 Å². The van der Waals surface area contributed by atoms with Crippen LogP contribution in [-0.4, -0.2) is 6.54 Å². The van der Waals surface area contributed by atoms with Crippen LogP contribution in [0.3, 0.4) is 0 Å². The molecule has 0 aliphatic carbocycles. The predicted molar refractivity (Wildman–Crippen MR) is 57.2 cm³/mol. The average Bonchev–Trinajstić information content (AvgIpc) is 2.14. The molecule has 82 valence electrons. The highest BCUT2D eigenvalue weighted by Crippen LogP contribution is 2.34.